The number of rotatable bonds is 2. The van der Waals surface area contributed by atoms with Crippen LogP contribution in [0.2, 0.25) is 0 Å². The number of hydrogen-bond donors (Lipinski definition) is 2. The van der Waals surface area contributed by atoms with Gasteiger partial charge >= 0.3 is 0 Å². The number of carbonyl (C=O) groups excluding carboxylic acids is 2. The highest BCUT2D eigenvalue weighted by Gasteiger charge is 2.38. The Morgan fingerprint density at radius 1 is 1.38 bits per heavy atom. The van der Waals surface area contributed by atoms with E-state index in [1.165, 1.54) is 6.92 Å². The number of amides is 2. The minimum Gasteiger partial charge on any atom is -0.381 e. The predicted octanol–water partition coefficient (Wildman–Crippen LogP) is -0.843. The second-order valence-electron chi connectivity index (χ2n) is 3.24. The van der Waals surface area contributed by atoms with Gasteiger partial charge in [-0.2, -0.15) is 0 Å². The molecule has 0 unspecified atom stereocenters. The molecule has 1 heterocycles. The summed E-state index contributed by atoms with van der Waals surface area (Å²) in [6.45, 7) is 2.30. The topological polar surface area (TPSA) is 81.4 Å². The van der Waals surface area contributed by atoms with E-state index in [9.17, 15) is 9.59 Å². The molecule has 1 rings (SSSR count). The first-order valence-electron chi connectivity index (χ1n) is 4.23. The largest absolute Gasteiger partial charge is 0.381 e. The van der Waals surface area contributed by atoms with Crippen molar-refractivity contribution in [2.45, 2.75) is 25.3 Å². The molecule has 0 aromatic carbocycles. The molecule has 1 saturated heterocycles. The molecule has 0 atom stereocenters. The van der Waals surface area contributed by atoms with Gasteiger partial charge in [0.1, 0.15) is 5.54 Å². The number of nitrogens with one attached hydrogen (secondary N) is 1. The molecule has 0 aliphatic carbocycles. The van der Waals surface area contributed by atoms with Crippen molar-refractivity contribution in [3.63, 3.8) is 0 Å². The third-order valence-corrected chi connectivity index (χ3v) is 2.23. The molecule has 0 spiro atoms. The second kappa shape index (κ2) is 3.74. The zero-order valence-electron chi connectivity index (χ0n) is 7.63. The number of hydrogen-bond acceptors (Lipinski definition) is 3. The molecule has 1 aliphatic rings. The number of ether oxygens (including phenoxy) is 1. The predicted molar refractivity (Wildman–Crippen MR) is 45.8 cm³/mol. The second-order valence-corrected chi connectivity index (χ2v) is 3.24. The molecule has 0 saturated carbocycles. The number of carbonyl (C=O) groups is 2. The molecule has 0 bridgehead atoms. The molecule has 0 aromatic rings. The van der Waals surface area contributed by atoms with Crippen LogP contribution in [0.25, 0.3) is 0 Å². The first-order chi connectivity index (χ1) is 6.07. The summed E-state index contributed by atoms with van der Waals surface area (Å²) in [7, 11) is 0. The van der Waals surface area contributed by atoms with Crippen molar-refractivity contribution in [3.05, 3.63) is 0 Å². The molecular formula is C8H14N2O3. The molecular weight excluding hydrogens is 172 g/mol. The van der Waals surface area contributed by atoms with Gasteiger partial charge in [-0.05, 0) is 0 Å². The highest BCUT2D eigenvalue weighted by Crippen LogP contribution is 2.19. The minimum absolute atomic E-state index is 0.235. The van der Waals surface area contributed by atoms with Crippen molar-refractivity contribution in [1.29, 1.82) is 0 Å². The lowest BCUT2D eigenvalue weighted by Gasteiger charge is -2.34. The van der Waals surface area contributed by atoms with Crippen molar-refractivity contribution in [2.75, 3.05) is 13.2 Å². The Balaban J connectivity index is 2.73. The van der Waals surface area contributed by atoms with E-state index in [4.69, 9.17) is 10.5 Å². The lowest BCUT2D eigenvalue weighted by molar-refractivity contribution is -0.134. The fraction of sp³-hybridized carbons (Fsp3) is 0.750. The van der Waals surface area contributed by atoms with Crippen LogP contribution >= 0.6 is 0 Å². The summed E-state index contributed by atoms with van der Waals surface area (Å²) in [6, 6.07) is 0. The van der Waals surface area contributed by atoms with Crippen LogP contribution in [0.3, 0.4) is 0 Å². The van der Waals surface area contributed by atoms with Crippen molar-refractivity contribution in [2.24, 2.45) is 5.73 Å². The minimum atomic E-state index is -0.885. The molecule has 0 radical (unpaired) electrons. The molecule has 5 nitrogen and oxygen atoms in total. The van der Waals surface area contributed by atoms with Crippen LogP contribution in [0.15, 0.2) is 0 Å². The highest BCUT2D eigenvalue weighted by atomic mass is 16.5. The van der Waals surface area contributed by atoms with Crippen molar-refractivity contribution >= 4 is 11.8 Å². The maximum atomic E-state index is 11.2. The standard InChI is InChI=1S/C8H14N2O3/c1-6(11)10-8(7(9)12)2-4-13-5-3-8/h2-5H2,1H3,(H2,9,12)(H,10,11). The van der Waals surface area contributed by atoms with Gasteiger partial charge in [-0.3, -0.25) is 9.59 Å². The first kappa shape index (κ1) is 9.98. The summed E-state index contributed by atoms with van der Waals surface area (Å²) in [5.74, 6) is -0.716. The fourth-order valence-corrected chi connectivity index (χ4v) is 1.49. The van der Waals surface area contributed by atoms with Crippen LogP contribution in [-0.2, 0) is 14.3 Å². The van der Waals surface area contributed by atoms with Crippen LogP contribution in [0.5, 0.6) is 0 Å². The summed E-state index contributed by atoms with van der Waals surface area (Å²) in [6.07, 6.45) is 0.920. The van der Waals surface area contributed by atoms with E-state index < -0.39 is 11.4 Å². The molecule has 13 heavy (non-hydrogen) atoms. The van der Waals surface area contributed by atoms with Gasteiger partial charge in [0.05, 0.1) is 0 Å². The van der Waals surface area contributed by atoms with E-state index in [0.717, 1.165) is 0 Å². The molecule has 2 amide bonds. The zero-order valence-corrected chi connectivity index (χ0v) is 7.63. The maximum absolute atomic E-state index is 11.2. The van der Waals surface area contributed by atoms with E-state index >= 15 is 0 Å². The SMILES string of the molecule is CC(=O)NC1(C(N)=O)CCOCC1. The normalized spacial score (nSPS) is 20.7. The molecule has 3 N–H and O–H groups in total. The third kappa shape index (κ3) is 2.18. The summed E-state index contributed by atoms with van der Waals surface area (Å²) >= 11 is 0. The van der Waals surface area contributed by atoms with E-state index in [-0.39, 0.29) is 5.91 Å². The van der Waals surface area contributed by atoms with Crippen LogP contribution in [0.1, 0.15) is 19.8 Å². The Morgan fingerprint density at radius 3 is 2.31 bits per heavy atom. The summed E-state index contributed by atoms with van der Waals surface area (Å²) in [4.78, 5) is 22.0. The summed E-state index contributed by atoms with van der Waals surface area (Å²) < 4.78 is 5.10. The van der Waals surface area contributed by atoms with Gasteiger partial charge in [0.2, 0.25) is 11.8 Å². The van der Waals surface area contributed by atoms with E-state index in [0.29, 0.717) is 26.1 Å². The Bertz CT molecular complexity index is 221. The average Bonchev–Trinajstić information content (AvgIpc) is 2.04. The fourth-order valence-electron chi connectivity index (χ4n) is 1.49. The Labute approximate surface area is 76.6 Å². The summed E-state index contributed by atoms with van der Waals surface area (Å²) in [5, 5.41) is 2.60. The Morgan fingerprint density at radius 2 is 1.92 bits per heavy atom. The van der Waals surface area contributed by atoms with Crippen LogP contribution in [-0.4, -0.2) is 30.6 Å². The van der Waals surface area contributed by atoms with Gasteiger partial charge in [0.15, 0.2) is 0 Å². The van der Waals surface area contributed by atoms with Gasteiger partial charge < -0.3 is 15.8 Å². The molecule has 1 aliphatic heterocycles. The smallest absolute Gasteiger partial charge is 0.243 e. The van der Waals surface area contributed by atoms with Gasteiger partial charge in [-0.25, -0.2) is 0 Å². The van der Waals surface area contributed by atoms with Gasteiger partial charge in [0.25, 0.3) is 0 Å². The zero-order chi connectivity index (χ0) is 9.90. The monoisotopic (exact) mass is 186 g/mol. The van der Waals surface area contributed by atoms with E-state index in [1.807, 2.05) is 0 Å². The van der Waals surface area contributed by atoms with E-state index in [2.05, 4.69) is 5.32 Å². The molecule has 74 valence electrons. The Hall–Kier alpha value is -1.10. The maximum Gasteiger partial charge on any atom is 0.243 e. The van der Waals surface area contributed by atoms with Crippen molar-refractivity contribution < 1.29 is 14.3 Å². The third-order valence-electron chi connectivity index (χ3n) is 2.23. The van der Waals surface area contributed by atoms with Crippen LogP contribution in [0.4, 0.5) is 0 Å². The highest BCUT2D eigenvalue weighted by molar-refractivity contribution is 5.89. The quantitative estimate of drug-likeness (QED) is 0.589. The Kier molecular flexibility index (Phi) is 2.87. The van der Waals surface area contributed by atoms with Crippen LogP contribution < -0.4 is 11.1 Å². The average molecular weight is 186 g/mol. The molecule has 0 aromatic heterocycles. The van der Waals surface area contributed by atoms with Gasteiger partial charge in [-0.15, -0.1) is 0 Å². The first-order valence-corrected chi connectivity index (χ1v) is 4.23. The lowest BCUT2D eigenvalue weighted by Crippen LogP contribution is -2.59. The van der Waals surface area contributed by atoms with Crippen molar-refractivity contribution in [1.82, 2.24) is 5.32 Å². The lowest BCUT2D eigenvalue weighted by atomic mass is 9.89. The number of primary amides is 1. The van der Waals surface area contributed by atoms with E-state index in [1.54, 1.807) is 0 Å². The van der Waals surface area contributed by atoms with Crippen LogP contribution in [0, 0.1) is 0 Å². The molecule has 5 heteroatoms. The summed E-state index contributed by atoms with van der Waals surface area (Å²) in [5.41, 5.74) is 4.36. The van der Waals surface area contributed by atoms with Gasteiger partial charge in [0, 0.05) is 33.0 Å². The van der Waals surface area contributed by atoms with Gasteiger partial charge in [-0.1, -0.05) is 0 Å². The molecule has 1 fully saturated rings. The van der Waals surface area contributed by atoms with Crippen molar-refractivity contribution in [3.8, 4) is 0 Å². The number of nitrogens with two attached hydrogens (primary N) is 1.